The molecule has 0 aromatic carbocycles. The Morgan fingerprint density at radius 3 is 2.86 bits per heavy atom. The van der Waals surface area contributed by atoms with Gasteiger partial charge in [0, 0.05) is 5.92 Å². The molecule has 0 spiro atoms. The molecule has 76 valence electrons. The largest absolute Gasteiger partial charge is 0.293 e. The molecular formula is C12H16OS. The summed E-state index contributed by atoms with van der Waals surface area (Å²) in [6.45, 7) is 2.12. The molecule has 0 unspecified atom stereocenters. The number of carbonyl (C=O) groups excluding carboxylic acids is 1. The molecule has 0 bridgehead atoms. The maximum absolute atomic E-state index is 12.1. The average molecular weight is 208 g/mol. The molecule has 0 amide bonds. The van der Waals surface area contributed by atoms with Crippen molar-refractivity contribution in [2.75, 3.05) is 0 Å². The zero-order valence-electron chi connectivity index (χ0n) is 8.58. The smallest absolute Gasteiger partial charge is 0.176 e. The highest BCUT2D eigenvalue weighted by Crippen LogP contribution is 2.31. The van der Waals surface area contributed by atoms with Gasteiger partial charge in [-0.05, 0) is 36.3 Å². The Morgan fingerprint density at radius 2 is 2.21 bits per heavy atom. The van der Waals surface area contributed by atoms with Crippen LogP contribution in [0.1, 0.15) is 47.8 Å². The van der Waals surface area contributed by atoms with Crippen molar-refractivity contribution >= 4 is 17.1 Å². The standard InChI is InChI=1S/C12H16OS/c1-2-9-7-8-14-12(9)11(13)10-5-3-4-6-10/h7-8,10H,2-6H2,1H3. The van der Waals surface area contributed by atoms with E-state index in [0.717, 1.165) is 24.1 Å². The number of Topliss-reactive ketones (excluding diaryl/α,β-unsaturated/α-hetero) is 1. The Labute approximate surface area is 89.1 Å². The summed E-state index contributed by atoms with van der Waals surface area (Å²) in [6, 6.07) is 2.09. The second-order valence-corrected chi connectivity index (χ2v) is 4.89. The van der Waals surface area contributed by atoms with E-state index in [4.69, 9.17) is 0 Å². The lowest BCUT2D eigenvalue weighted by molar-refractivity contribution is 0.0926. The van der Waals surface area contributed by atoms with Crippen LogP contribution in [0.2, 0.25) is 0 Å². The van der Waals surface area contributed by atoms with Gasteiger partial charge in [-0.25, -0.2) is 0 Å². The summed E-state index contributed by atoms with van der Waals surface area (Å²) >= 11 is 1.62. The van der Waals surface area contributed by atoms with Gasteiger partial charge in [0.05, 0.1) is 4.88 Å². The Kier molecular flexibility index (Phi) is 3.02. The molecular weight excluding hydrogens is 192 g/mol. The minimum Gasteiger partial charge on any atom is -0.293 e. The van der Waals surface area contributed by atoms with Gasteiger partial charge in [-0.1, -0.05) is 19.8 Å². The number of rotatable bonds is 3. The fourth-order valence-electron chi connectivity index (χ4n) is 2.20. The van der Waals surface area contributed by atoms with E-state index < -0.39 is 0 Å². The van der Waals surface area contributed by atoms with Crippen LogP contribution < -0.4 is 0 Å². The quantitative estimate of drug-likeness (QED) is 0.692. The molecule has 0 radical (unpaired) electrons. The molecule has 0 aliphatic heterocycles. The fourth-order valence-corrected chi connectivity index (χ4v) is 3.22. The molecule has 1 aliphatic carbocycles. The van der Waals surface area contributed by atoms with E-state index in [1.807, 2.05) is 5.38 Å². The zero-order valence-corrected chi connectivity index (χ0v) is 9.40. The lowest BCUT2D eigenvalue weighted by atomic mass is 9.99. The molecule has 0 saturated heterocycles. The second kappa shape index (κ2) is 4.26. The molecule has 1 aliphatic rings. The van der Waals surface area contributed by atoms with E-state index in [1.54, 1.807) is 11.3 Å². The lowest BCUT2D eigenvalue weighted by Gasteiger charge is -2.07. The topological polar surface area (TPSA) is 17.1 Å². The summed E-state index contributed by atoms with van der Waals surface area (Å²) in [5.41, 5.74) is 1.24. The SMILES string of the molecule is CCc1ccsc1C(=O)C1CCCC1. The molecule has 1 saturated carbocycles. The van der Waals surface area contributed by atoms with Crippen molar-refractivity contribution < 1.29 is 4.79 Å². The number of ketones is 1. The van der Waals surface area contributed by atoms with Crippen LogP contribution in [0.5, 0.6) is 0 Å². The Balaban J connectivity index is 2.17. The van der Waals surface area contributed by atoms with Gasteiger partial charge in [-0.3, -0.25) is 4.79 Å². The molecule has 1 nitrogen and oxygen atoms in total. The van der Waals surface area contributed by atoms with Crippen LogP contribution in [0.4, 0.5) is 0 Å². The van der Waals surface area contributed by atoms with Crippen molar-refractivity contribution in [3.05, 3.63) is 21.9 Å². The van der Waals surface area contributed by atoms with Crippen molar-refractivity contribution in [1.82, 2.24) is 0 Å². The zero-order chi connectivity index (χ0) is 9.97. The van der Waals surface area contributed by atoms with E-state index >= 15 is 0 Å². The van der Waals surface area contributed by atoms with Crippen LogP contribution in [0.3, 0.4) is 0 Å². The second-order valence-electron chi connectivity index (χ2n) is 3.97. The minimum absolute atomic E-state index is 0.332. The number of hydrogen-bond donors (Lipinski definition) is 0. The van der Waals surface area contributed by atoms with Crippen LogP contribution in [0, 0.1) is 5.92 Å². The molecule has 1 aromatic heterocycles. The Bertz CT molecular complexity index is 321. The number of aryl methyl sites for hydroxylation is 1. The van der Waals surface area contributed by atoms with Gasteiger partial charge in [0.15, 0.2) is 5.78 Å². The maximum Gasteiger partial charge on any atom is 0.176 e. The van der Waals surface area contributed by atoms with Gasteiger partial charge in [0.25, 0.3) is 0 Å². The summed E-state index contributed by atoms with van der Waals surface area (Å²) in [4.78, 5) is 13.1. The van der Waals surface area contributed by atoms with Crippen LogP contribution in [0.15, 0.2) is 11.4 Å². The molecule has 14 heavy (non-hydrogen) atoms. The minimum atomic E-state index is 0.332. The first kappa shape index (κ1) is 9.91. The number of hydrogen-bond acceptors (Lipinski definition) is 2. The third-order valence-electron chi connectivity index (χ3n) is 3.08. The molecule has 1 heterocycles. The van der Waals surface area contributed by atoms with E-state index in [9.17, 15) is 4.79 Å². The highest BCUT2D eigenvalue weighted by molar-refractivity contribution is 7.12. The van der Waals surface area contributed by atoms with Gasteiger partial charge in [-0.15, -0.1) is 11.3 Å². The van der Waals surface area contributed by atoms with Crippen LogP contribution in [-0.2, 0) is 6.42 Å². The summed E-state index contributed by atoms with van der Waals surface area (Å²) in [5.74, 6) is 0.744. The molecule has 1 aromatic rings. The van der Waals surface area contributed by atoms with E-state index in [-0.39, 0.29) is 0 Å². The van der Waals surface area contributed by atoms with Crippen molar-refractivity contribution in [2.45, 2.75) is 39.0 Å². The van der Waals surface area contributed by atoms with E-state index in [1.165, 1.54) is 18.4 Å². The first-order valence-electron chi connectivity index (χ1n) is 5.43. The summed E-state index contributed by atoms with van der Waals surface area (Å²) in [5, 5.41) is 2.04. The van der Waals surface area contributed by atoms with Gasteiger partial charge >= 0.3 is 0 Å². The lowest BCUT2D eigenvalue weighted by Crippen LogP contribution is -2.10. The molecule has 0 atom stereocenters. The van der Waals surface area contributed by atoms with Gasteiger partial charge in [0.2, 0.25) is 0 Å². The van der Waals surface area contributed by atoms with Gasteiger partial charge in [-0.2, -0.15) is 0 Å². The fraction of sp³-hybridized carbons (Fsp3) is 0.583. The third kappa shape index (κ3) is 1.76. The third-order valence-corrected chi connectivity index (χ3v) is 4.05. The number of thiophene rings is 1. The van der Waals surface area contributed by atoms with E-state index in [0.29, 0.717) is 11.7 Å². The molecule has 0 N–H and O–H groups in total. The molecule has 2 heteroatoms. The van der Waals surface area contributed by atoms with Gasteiger partial charge < -0.3 is 0 Å². The summed E-state index contributed by atoms with van der Waals surface area (Å²) < 4.78 is 0. The molecule has 1 fully saturated rings. The maximum atomic E-state index is 12.1. The number of carbonyl (C=O) groups is 1. The Morgan fingerprint density at radius 1 is 1.50 bits per heavy atom. The van der Waals surface area contributed by atoms with Crippen molar-refractivity contribution in [3.63, 3.8) is 0 Å². The first-order chi connectivity index (χ1) is 6.83. The first-order valence-corrected chi connectivity index (χ1v) is 6.31. The summed E-state index contributed by atoms with van der Waals surface area (Å²) in [7, 11) is 0. The van der Waals surface area contributed by atoms with Crippen molar-refractivity contribution in [1.29, 1.82) is 0 Å². The Hall–Kier alpha value is -0.630. The van der Waals surface area contributed by atoms with Crippen LogP contribution in [-0.4, -0.2) is 5.78 Å². The van der Waals surface area contributed by atoms with Crippen molar-refractivity contribution in [2.24, 2.45) is 5.92 Å². The monoisotopic (exact) mass is 208 g/mol. The van der Waals surface area contributed by atoms with Crippen LogP contribution >= 0.6 is 11.3 Å². The highest BCUT2D eigenvalue weighted by Gasteiger charge is 2.25. The summed E-state index contributed by atoms with van der Waals surface area (Å²) in [6.07, 6.45) is 5.68. The predicted molar refractivity (Wildman–Crippen MR) is 60.0 cm³/mol. The van der Waals surface area contributed by atoms with Crippen molar-refractivity contribution in [3.8, 4) is 0 Å². The predicted octanol–water partition coefficient (Wildman–Crippen LogP) is 3.68. The normalized spacial score (nSPS) is 17.5. The average Bonchev–Trinajstić information content (AvgIpc) is 2.87. The van der Waals surface area contributed by atoms with E-state index in [2.05, 4.69) is 13.0 Å². The van der Waals surface area contributed by atoms with Gasteiger partial charge in [0.1, 0.15) is 0 Å². The highest BCUT2D eigenvalue weighted by atomic mass is 32.1. The van der Waals surface area contributed by atoms with Crippen LogP contribution in [0.25, 0.3) is 0 Å². The molecule has 2 rings (SSSR count).